The second-order valence-electron chi connectivity index (χ2n) is 4.33. The Hall–Kier alpha value is -1.09. The summed E-state index contributed by atoms with van der Waals surface area (Å²) in [5.41, 5.74) is 2.43. The predicted molar refractivity (Wildman–Crippen MR) is 67.7 cm³/mol. The molecule has 1 aromatic heterocycles. The third kappa shape index (κ3) is 2.95. The maximum atomic E-state index is 4.40. The summed E-state index contributed by atoms with van der Waals surface area (Å²) in [5, 5.41) is 3.49. The minimum Gasteiger partial charge on any atom is -0.372 e. The molecule has 16 heavy (non-hydrogen) atoms. The van der Waals surface area contributed by atoms with Crippen LogP contribution in [0.1, 0.15) is 32.4 Å². The van der Waals surface area contributed by atoms with Gasteiger partial charge in [0.25, 0.3) is 0 Å². The van der Waals surface area contributed by atoms with Crippen molar-refractivity contribution in [2.24, 2.45) is 0 Å². The molecule has 1 aliphatic rings. The van der Waals surface area contributed by atoms with Crippen molar-refractivity contribution in [3.05, 3.63) is 24.0 Å². The summed E-state index contributed by atoms with van der Waals surface area (Å²) >= 11 is 0. The van der Waals surface area contributed by atoms with Gasteiger partial charge >= 0.3 is 0 Å². The van der Waals surface area contributed by atoms with E-state index in [1.165, 1.54) is 18.5 Å². The molecule has 1 fully saturated rings. The standard InChI is InChI=1S/C13H21N3/c1-3-16(4-2)13-7-8-14-12(9-13)10-15-11-5-6-11/h7-9,11,15H,3-6,10H2,1-2H3. The van der Waals surface area contributed by atoms with Gasteiger partial charge in [0.15, 0.2) is 0 Å². The van der Waals surface area contributed by atoms with Gasteiger partial charge in [0, 0.05) is 37.6 Å². The van der Waals surface area contributed by atoms with E-state index in [2.05, 4.69) is 41.2 Å². The van der Waals surface area contributed by atoms with Crippen molar-refractivity contribution in [1.29, 1.82) is 0 Å². The average molecular weight is 219 g/mol. The van der Waals surface area contributed by atoms with E-state index in [1.807, 2.05) is 6.20 Å². The summed E-state index contributed by atoms with van der Waals surface area (Å²) in [6.45, 7) is 7.38. The molecular weight excluding hydrogens is 198 g/mol. The number of nitrogens with one attached hydrogen (secondary N) is 1. The first kappa shape index (κ1) is 11.4. The van der Waals surface area contributed by atoms with Crippen LogP contribution in [0.15, 0.2) is 18.3 Å². The van der Waals surface area contributed by atoms with Gasteiger partial charge in [-0.1, -0.05) is 0 Å². The highest BCUT2D eigenvalue weighted by molar-refractivity contribution is 5.46. The number of aromatic nitrogens is 1. The van der Waals surface area contributed by atoms with Gasteiger partial charge in [-0.3, -0.25) is 4.98 Å². The van der Waals surface area contributed by atoms with Gasteiger partial charge in [-0.05, 0) is 38.8 Å². The molecule has 88 valence electrons. The zero-order valence-electron chi connectivity index (χ0n) is 10.2. The number of anilines is 1. The average Bonchev–Trinajstić information content (AvgIpc) is 3.13. The summed E-state index contributed by atoms with van der Waals surface area (Å²) in [6, 6.07) is 5.04. The van der Waals surface area contributed by atoms with Crippen LogP contribution in [0.3, 0.4) is 0 Å². The third-order valence-electron chi connectivity index (χ3n) is 3.08. The van der Waals surface area contributed by atoms with E-state index in [-0.39, 0.29) is 0 Å². The van der Waals surface area contributed by atoms with E-state index in [0.29, 0.717) is 0 Å². The van der Waals surface area contributed by atoms with Crippen molar-refractivity contribution >= 4 is 5.69 Å². The number of nitrogens with zero attached hydrogens (tertiary/aromatic N) is 2. The molecule has 0 bridgehead atoms. The van der Waals surface area contributed by atoms with E-state index in [4.69, 9.17) is 0 Å². The van der Waals surface area contributed by atoms with Crippen molar-refractivity contribution in [2.75, 3.05) is 18.0 Å². The summed E-state index contributed by atoms with van der Waals surface area (Å²) < 4.78 is 0. The molecule has 0 spiro atoms. The quantitative estimate of drug-likeness (QED) is 0.795. The molecule has 0 saturated heterocycles. The van der Waals surface area contributed by atoms with Gasteiger partial charge in [0.05, 0.1) is 5.69 Å². The molecule has 1 aliphatic carbocycles. The fraction of sp³-hybridized carbons (Fsp3) is 0.615. The van der Waals surface area contributed by atoms with Crippen LogP contribution < -0.4 is 10.2 Å². The summed E-state index contributed by atoms with van der Waals surface area (Å²) in [5.74, 6) is 0. The van der Waals surface area contributed by atoms with Crippen LogP contribution in [0.2, 0.25) is 0 Å². The van der Waals surface area contributed by atoms with Gasteiger partial charge in [-0.2, -0.15) is 0 Å². The smallest absolute Gasteiger partial charge is 0.0562 e. The summed E-state index contributed by atoms with van der Waals surface area (Å²) in [4.78, 5) is 6.75. The fourth-order valence-electron chi connectivity index (χ4n) is 1.88. The Morgan fingerprint density at radius 3 is 2.75 bits per heavy atom. The molecule has 0 amide bonds. The summed E-state index contributed by atoms with van der Waals surface area (Å²) in [7, 11) is 0. The monoisotopic (exact) mass is 219 g/mol. The van der Waals surface area contributed by atoms with E-state index in [1.54, 1.807) is 0 Å². The lowest BCUT2D eigenvalue weighted by Gasteiger charge is -2.21. The number of hydrogen-bond donors (Lipinski definition) is 1. The van der Waals surface area contributed by atoms with Gasteiger partial charge in [-0.15, -0.1) is 0 Å². The first-order chi connectivity index (χ1) is 7.83. The predicted octanol–water partition coefficient (Wildman–Crippen LogP) is 2.18. The maximum absolute atomic E-state index is 4.40. The van der Waals surface area contributed by atoms with Crippen molar-refractivity contribution < 1.29 is 0 Å². The first-order valence-electron chi connectivity index (χ1n) is 6.26. The SMILES string of the molecule is CCN(CC)c1ccnc(CNC2CC2)c1. The molecule has 0 aliphatic heterocycles. The van der Waals surface area contributed by atoms with Crippen molar-refractivity contribution in [3.8, 4) is 0 Å². The second-order valence-corrected chi connectivity index (χ2v) is 4.33. The summed E-state index contributed by atoms with van der Waals surface area (Å²) in [6.07, 6.45) is 4.57. The lowest BCUT2D eigenvalue weighted by molar-refractivity contribution is 0.674. The molecule has 1 N–H and O–H groups in total. The minimum atomic E-state index is 0.749. The van der Waals surface area contributed by atoms with Crippen LogP contribution in [0.5, 0.6) is 0 Å². The molecule has 0 unspecified atom stereocenters. The van der Waals surface area contributed by atoms with E-state index < -0.39 is 0 Å². The molecule has 1 saturated carbocycles. The van der Waals surface area contributed by atoms with Gasteiger partial charge < -0.3 is 10.2 Å². The maximum Gasteiger partial charge on any atom is 0.0562 e. The number of pyridine rings is 1. The lowest BCUT2D eigenvalue weighted by Crippen LogP contribution is -2.22. The Labute approximate surface area is 97.9 Å². The molecule has 3 heteroatoms. The molecule has 1 aromatic rings. The zero-order chi connectivity index (χ0) is 11.4. The van der Waals surface area contributed by atoms with Gasteiger partial charge in [0.2, 0.25) is 0 Å². The van der Waals surface area contributed by atoms with Crippen molar-refractivity contribution in [3.63, 3.8) is 0 Å². The Morgan fingerprint density at radius 1 is 1.38 bits per heavy atom. The van der Waals surface area contributed by atoms with Crippen molar-refractivity contribution in [2.45, 2.75) is 39.3 Å². The molecule has 0 atom stereocenters. The molecular formula is C13H21N3. The molecule has 3 nitrogen and oxygen atoms in total. The second kappa shape index (κ2) is 5.30. The van der Waals surface area contributed by atoms with Crippen LogP contribution >= 0.6 is 0 Å². The molecule has 0 aromatic carbocycles. The Morgan fingerprint density at radius 2 is 2.12 bits per heavy atom. The van der Waals surface area contributed by atoms with E-state index >= 15 is 0 Å². The molecule has 2 rings (SSSR count). The van der Waals surface area contributed by atoms with Crippen LogP contribution in [-0.2, 0) is 6.54 Å². The van der Waals surface area contributed by atoms with Crippen LogP contribution in [0.4, 0.5) is 5.69 Å². The topological polar surface area (TPSA) is 28.2 Å². The third-order valence-corrected chi connectivity index (χ3v) is 3.08. The normalized spacial score (nSPS) is 15.1. The minimum absolute atomic E-state index is 0.749. The Balaban J connectivity index is 1.99. The first-order valence-corrected chi connectivity index (χ1v) is 6.26. The van der Waals surface area contributed by atoms with Crippen LogP contribution in [-0.4, -0.2) is 24.1 Å². The van der Waals surface area contributed by atoms with Gasteiger partial charge in [-0.25, -0.2) is 0 Å². The highest BCUT2D eigenvalue weighted by atomic mass is 15.1. The molecule has 1 heterocycles. The lowest BCUT2D eigenvalue weighted by atomic mass is 10.3. The zero-order valence-corrected chi connectivity index (χ0v) is 10.2. The highest BCUT2D eigenvalue weighted by Crippen LogP contribution is 2.20. The van der Waals surface area contributed by atoms with Crippen LogP contribution in [0, 0.1) is 0 Å². The number of hydrogen-bond acceptors (Lipinski definition) is 3. The highest BCUT2D eigenvalue weighted by Gasteiger charge is 2.20. The van der Waals surface area contributed by atoms with Gasteiger partial charge in [0.1, 0.15) is 0 Å². The Bertz CT molecular complexity index is 330. The van der Waals surface area contributed by atoms with E-state index in [9.17, 15) is 0 Å². The largest absolute Gasteiger partial charge is 0.372 e. The number of rotatable bonds is 6. The van der Waals surface area contributed by atoms with Crippen LogP contribution in [0.25, 0.3) is 0 Å². The Kier molecular flexibility index (Phi) is 3.78. The van der Waals surface area contributed by atoms with Crippen molar-refractivity contribution in [1.82, 2.24) is 10.3 Å². The fourth-order valence-corrected chi connectivity index (χ4v) is 1.88. The van der Waals surface area contributed by atoms with E-state index in [0.717, 1.165) is 31.4 Å². The molecule has 0 radical (unpaired) electrons.